The first-order chi connectivity index (χ1) is 23.7. The summed E-state index contributed by atoms with van der Waals surface area (Å²) in [6.45, 7) is 0. The molecule has 48 heavy (non-hydrogen) atoms. The molecule has 0 saturated carbocycles. The van der Waals surface area contributed by atoms with Gasteiger partial charge in [-0.1, -0.05) is 103 Å². The maximum Gasteiger partial charge on any atom is 0.101 e. The van der Waals surface area contributed by atoms with Gasteiger partial charge in [0.05, 0.1) is 38.9 Å². The van der Waals surface area contributed by atoms with E-state index in [1.807, 2.05) is 42.5 Å². The highest BCUT2D eigenvalue weighted by atomic mass is 15.0. The molecule has 7 aromatic carbocycles. The predicted octanol–water partition coefficient (Wildman–Crippen LogP) is 11.0. The molecule has 0 fully saturated rings. The average molecular weight is 611 g/mol. The minimum Gasteiger partial charge on any atom is -0.309 e. The molecule has 0 radical (unpaired) electrons. The quantitative estimate of drug-likeness (QED) is 0.199. The van der Waals surface area contributed by atoms with E-state index in [0.717, 1.165) is 61.0 Å². The molecule has 4 heteroatoms. The zero-order valence-electron chi connectivity index (χ0n) is 25.8. The van der Waals surface area contributed by atoms with Crippen molar-refractivity contribution in [1.29, 1.82) is 10.5 Å². The molecule has 222 valence electrons. The molecule has 4 nitrogen and oxygen atoms in total. The van der Waals surface area contributed by atoms with E-state index in [2.05, 4.69) is 137 Å². The van der Waals surface area contributed by atoms with Crippen LogP contribution in [-0.4, -0.2) is 9.13 Å². The Hall–Kier alpha value is -6.88. The Kier molecular flexibility index (Phi) is 6.22. The van der Waals surface area contributed by atoms with E-state index in [0.29, 0.717) is 11.1 Å². The Bertz CT molecular complexity index is 2790. The molecule has 0 aliphatic carbocycles. The number of hydrogen-bond donors (Lipinski definition) is 0. The third kappa shape index (κ3) is 4.07. The Morgan fingerprint density at radius 3 is 1.75 bits per heavy atom. The SMILES string of the molecule is N#Cc1cc(-c2ccccc2)c(-n2c3ccccc3c3c(-c4ccc5c(c4)c4ccccc4n5-c4ccccc4)cccc32)cc1C#N. The third-order valence-corrected chi connectivity index (χ3v) is 9.40. The summed E-state index contributed by atoms with van der Waals surface area (Å²) in [5, 5.41) is 24.7. The first kappa shape index (κ1) is 27.4. The fourth-order valence-corrected chi connectivity index (χ4v) is 7.32. The van der Waals surface area contributed by atoms with Crippen molar-refractivity contribution < 1.29 is 0 Å². The lowest BCUT2D eigenvalue weighted by Gasteiger charge is -2.16. The Balaban J connectivity index is 1.34. The molecule has 0 amide bonds. The minimum absolute atomic E-state index is 0.356. The standard InChI is InChI=1S/C44H26N4/c45-27-31-25-37(29-12-3-1-4-13-29)43(26-32(31)28-46)48-40-20-10-8-17-36(40)44-34(18-11-21-42(44)48)30-22-23-41-38(24-30)35-16-7-9-19-39(35)47(41)33-14-5-2-6-15-33/h1-26H. The van der Waals surface area contributed by atoms with Crippen LogP contribution >= 0.6 is 0 Å². The van der Waals surface area contributed by atoms with Crippen LogP contribution in [0.15, 0.2) is 158 Å². The van der Waals surface area contributed by atoms with Gasteiger partial charge in [0.2, 0.25) is 0 Å². The summed E-state index contributed by atoms with van der Waals surface area (Å²) >= 11 is 0. The van der Waals surface area contributed by atoms with E-state index in [1.54, 1.807) is 0 Å². The van der Waals surface area contributed by atoms with Crippen LogP contribution in [0.5, 0.6) is 0 Å². The van der Waals surface area contributed by atoms with Gasteiger partial charge < -0.3 is 9.13 Å². The predicted molar refractivity (Wildman–Crippen MR) is 195 cm³/mol. The second kappa shape index (κ2) is 10.9. The normalized spacial score (nSPS) is 11.3. The van der Waals surface area contributed by atoms with Gasteiger partial charge in [-0.15, -0.1) is 0 Å². The highest BCUT2D eigenvalue weighted by Crippen LogP contribution is 2.42. The van der Waals surface area contributed by atoms with Gasteiger partial charge in [-0.2, -0.15) is 10.5 Å². The summed E-state index contributed by atoms with van der Waals surface area (Å²) in [4.78, 5) is 0. The first-order valence-corrected chi connectivity index (χ1v) is 15.9. The highest BCUT2D eigenvalue weighted by molar-refractivity contribution is 6.17. The zero-order valence-corrected chi connectivity index (χ0v) is 25.8. The number of benzene rings is 7. The summed E-state index contributed by atoms with van der Waals surface area (Å²) in [7, 11) is 0. The van der Waals surface area contributed by atoms with E-state index >= 15 is 0 Å². The van der Waals surface area contributed by atoms with Crippen molar-refractivity contribution in [3.05, 3.63) is 169 Å². The fraction of sp³-hybridized carbons (Fsp3) is 0. The summed E-state index contributed by atoms with van der Waals surface area (Å²) in [5.41, 5.74) is 11.3. The lowest BCUT2D eigenvalue weighted by molar-refractivity contribution is 1.18. The largest absolute Gasteiger partial charge is 0.309 e. The molecule has 0 unspecified atom stereocenters. The van der Waals surface area contributed by atoms with Gasteiger partial charge in [0, 0.05) is 32.8 Å². The van der Waals surface area contributed by atoms with Gasteiger partial charge in [0.25, 0.3) is 0 Å². The summed E-state index contributed by atoms with van der Waals surface area (Å²) in [5.74, 6) is 0. The van der Waals surface area contributed by atoms with E-state index in [-0.39, 0.29) is 0 Å². The topological polar surface area (TPSA) is 57.4 Å². The number of nitrogens with zero attached hydrogens (tertiary/aromatic N) is 4. The molecule has 0 aliphatic heterocycles. The van der Waals surface area contributed by atoms with E-state index in [9.17, 15) is 10.5 Å². The van der Waals surface area contributed by atoms with Gasteiger partial charge in [0.1, 0.15) is 12.1 Å². The molecule has 9 rings (SSSR count). The van der Waals surface area contributed by atoms with Crippen molar-refractivity contribution >= 4 is 43.6 Å². The minimum atomic E-state index is 0.356. The van der Waals surface area contributed by atoms with Crippen LogP contribution in [0.25, 0.3) is 77.2 Å². The Morgan fingerprint density at radius 1 is 0.396 bits per heavy atom. The molecule has 0 aliphatic rings. The van der Waals surface area contributed by atoms with Crippen molar-refractivity contribution in [2.24, 2.45) is 0 Å². The molecular weight excluding hydrogens is 585 g/mol. The van der Waals surface area contributed by atoms with Gasteiger partial charge in [-0.3, -0.25) is 0 Å². The molecule has 2 heterocycles. The van der Waals surface area contributed by atoms with Crippen LogP contribution in [0, 0.1) is 22.7 Å². The molecule has 0 spiro atoms. The number of nitriles is 2. The molecule has 0 bridgehead atoms. The van der Waals surface area contributed by atoms with Gasteiger partial charge in [-0.05, 0) is 71.3 Å². The summed E-state index contributed by atoms with van der Waals surface area (Å²) in [6, 6.07) is 59.1. The molecular formula is C44H26N4. The van der Waals surface area contributed by atoms with Crippen molar-refractivity contribution in [3.8, 4) is 45.8 Å². The third-order valence-electron chi connectivity index (χ3n) is 9.40. The number of fused-ring (bicyclic) bond motifs is 6. The van der Waals surface area contributed by atoms with Crippen LogP contribution in [0.3, 0.4) is 0 Å². The van der Waals surface area contributed by atoms with E-state index < -0.39 is 0 Å². The van der Waals surface area contributed by atoms with Gasteiger partial charge in [-0.25, -0.2) is 0 Å². The lowest BCUT2D eigenvalue weighted by atomic mass is 9.97. The van der Waals surface area contributed by atoms with Gasteiger partial charge in [0.15, 0.2) is 0 Å². The first-order valence-electron chi connectivity index (χ1n) is 15.9. The maximum atomic E-state index is 10.1. The number of aromatic nitrogens is 2. The second-order valence-corrected chi connectivity index (χ2v) is 12.0. The maximum absolute atomic E-state index is 10.1. The Morgan fingerprint density at radius 2 is 1.00 bits per heavy atom. The van der Waals surface area contributed by atoms with Crippen molar-refractivity contribution in [2.45, 2.75) is 0 Å². The highest BCUT2D eigenvalue weighted by Gasteiger charge is 2.21. The lowest BCUT2D eigenvalue weighted by Crippen LogP contribution is -2.00. The van der Waals surface area contributed by atoms with E-state index in [1.165, 1.54) is 16.3 Å². The fourth-order valence-electron chi connectivity index (χ4n) is 7.32. The molecule has 0 saturated heterocycles. The molecule has 0 N–H and O–H groups in total. The molecule has 2 aromatic heterocycles. The van der Waals surface area contributed by atoms with Crippen molar-refractivity contribution in [3.63, 3.8) is 0 Å². The number of rotatable bonds is 4. The summed E-state index contributed by atoms with van der Waals surface area (Å²) < 4.78 is 4.59. The Labute approximate surface area is 277 Å². The monoisotopic (exact) mass is 610 g/mol. The number of hydrogen-bond acceptors (Lipinski definition) is 2. The van der Waals surface area contributed by atoms with Crippen molar-refractivity contribution in [1.82, 2.24) is 9.13 Å². The van der Waals surface area contributed by atoms with Crippen LogP contribution in [0.2, 0.25) is 0 Å². The average Bonchev–Trinajstić information content (AvgIpc) is 3.67. The van der Waals surface area contributed by atoms with Crippen LogP contribution in [-0.2, 0) is 0 Å². The van der Waals surface area contributed by atoms with Gasteiger partial charge >= 0.3 is 0 Å². The molecule has 9 aromatic rings. The zero-order chi connectivity index (χ0) is 32.2. The smallest absolute Gasteiger partial charge is 0.101 e. The van der Waals surface area contributed by atoms with Crippen LogP contribution in [0.4, 0.5) is 0 Å². The summed E-state index contributed by atoms with van der Waals surface area (Å²) in [6.07, 6.45) is 0. The number of para-hydroxylation sites is 3. The van der Waals surface area contributed by atoms with Crippen LogP contribution < -0.4 is 0 Å². The second-order valence-electron chi connectivity index (χ2n) is 12.0. The van der Waals surface area contributed by atoms with E-state index in [4.69, 9.17) is 0 Å². The molecule has 0 atom stereocenters. The van der Waals surface area contributed by atoms with Crippen molar-refractivity contribution in [2.75, 3.05) is 0 Å². The van der Waals surface area contributed by atoms with Crippen LogP contribution in [0.1, 0.15) is 11.1 Å².